The Labute approximate surface area is 155 Å². The van der Waals surface area contributed by atoms with Crippen molar-refractivity contribution in [1.29, 1.82) is 0 Å². The number of aryl methyl sites for hydroxylation is 1. The van der Waals surface area contributed by atoms with E-state index in [1.807, 2.05) is 36.4 Å². The summed E-state index contributed by atoms with van der Waals surface area (Å²) in [7, 11) is 1.60. The normalized spacial score (nSPS) is 11.1. The molecule has 6 nitrogen and oxygen atoms in total. The van der Waals surface area contributed by atoms with Crippen molar-refractivity contribution in [2.45, 2.75) is 6.54 Å². The molecule has 0 aliphatic rings. The maximum Gasteiger partial charge on any atom is 0.282 e. The molecule has 0 amide bonds. The molecule has 4 aromatic rings. The molecular formula is C17H13BrN4O2S. The third-order valence-electron chi connectivity index (χ3n) is 3.70. The van der Waals surface area contributed by atoms with Gasteiger partial charge in [-0.1, -0.05) is 12.1 Å². The van der Waals surface area contributed by atoms with Crippen LogP contribution in [0.3, 0.4) is 0 Å². The topological polar surface area (TPSA) is 73.0 Å². The van der Waals surface area contributed by atoms with Crippen LogP contribution in [0.2, 0.25) is 0 Å². The number of anilines is 1. The highest BCUT2D eigenvalue weighted by atomic mass is 79.9. The van der Waals surface area contributed by atoms with Crippen molar-refractivity contribution in [3.8, 4) is 10.8 Å². The third kappa shape index (κ3) is 3.10. The van der Waals surface area contributed by atoms with E-state index in [-0.39, 0.29) is 5.56 Å². The van der Waals surface area contributed by atoms with Gasteiger partial charge < -0.3 is 9.73 Å². The third-order valence-corrected chi connectivity index (χ3v) is 5.51. The van der Waals surface area contributed by atoms with Gasteiger partial charge in [0, 0.05) is 7.05 Å². The summed E-state index contributed by atoms with van der Waals surface area (Å²) in [4.78, 5) is 16.5. The number of hydrogen-bond donors (Lipinski definition) is 1. The first-order valence-corrected chi connectivity index (χ1v) is 9.13. The lowest BCUT2D eigenvalue weighted by molar-refractivity contribution is 0.531. The van der Waals surface area contributed by atoms with Crippen LogP contribution in [-0.2, 0) is 13.6 Å². The minimum atomic E-state index is -0.195. The molecule has 126 valence electrons. The first-order chi connectivity index (χ1) is 12.1. The number of nitrogens with zero attached hydrogens (tertiary/aromatic N) is 3. The van der Waals surface area contributed by atoms with E-state index < -0.39 is 0 Å². The van der Waals surface area contributed by atoms with Gasteiger partial charge in [0.2, 0.25) is 0 Å². The monoisotopic (exact) mass is 416 g/mol. The van der Waals surface area contributed by atoms with Gasteiger partial charge in [-0.15, -0.1) is 11.3 Å². The van der Waals surface area contributed by atoms with Crippen molar-refractivity contribution < 1.29 is 4.42 Å². The van der Waals surface area contributed by atoms with E-state index in [1.54, 1.807) is 24.6 Å². The number of hydrogen-bond acceptors (Lipinski definition) is 6. The van der Waals surface area contributed by atoms with Gasteiger partial charge in [0.1, 0.15) is 10.2 Å². The SMILES string of the molecule is Cn1ncc(NCc2ccc(-c3nc4ccccc4s3)o2)c(Br)c1=O. The van der Waals surface area contributed by atoms with Crippen LogP contribution in [0, 0.1) is 0 Å². The predicted molar refractivity (Wildman–Crippen MR) is 102 cm³/mol. The van der Waals surface area contributed by atoms with Gasteiger partial charge in [-0.2, -0.15) is 5.10 Å². The fourth-order valence-corrected chi connectivity index (χ4v) is 3.81. The fourth-order valence-electron chi connectivity index (χ4n) is 2.38. The van der Waals surface area contributed by atoms with Gasteiger partial charge in [-0.25, -0.2) is 9.67 Å². The maximum absolute atomic E-state index is 11.9. The fraction of sp³-hybridized carbons (Fsp3) is 0.118. The largest absolute Gasteiger partial charge is 0.457 e. The van der Waals surface area contributed by atoms with E-state index in [4.69, 9.17) is 4.42 Å². The molecule has 1 N–H and O–H groups in total. The van der Waals surface area contributed by atoms with E-state index in [0.29, 0.717) is 16.7 Å². The summed E-state index contributed by atoms with van der Waals surface area (Å²) < 4.78 is 8.73. The van der Waals surface area contributed by atoms with Gasteiger partial charge in [-0.3, -0.25) is 4.79 Å². The molecule has 0 saturated carbocycles. The molecular weight excluding hydrogens is 404 g/mol. The number of furan rings is 1. The van der Waals surface area contributed by atoms with E-state index in [9.17, 15) is 4.79 Å². The van der Waals surface area contributed by atoms with Gasteiger partial charge in [0.15, 0.2) is 10.8 Å². The average Bonchev–Trinajstić information content (AvgIpc) is 3.25. The Balaban J connectivity index is 1.54. The first-order valence-electron chi connectivity index (χ1n) is 7.52. The predicted octanol–water partition coefficient (Wildman–Crippen LogP) is 4.02. The molecule has 3 heterocycles. The molecule has 0 spiro atoms. The number of benzene rings is 1. The summed E-state index contributed by atoms with van der Waals surface area (Å²) in [5, 5.41) is 8.01. The molecule has 0 bridgehead atoms. The molecule has 0 aliphatic heterocycles. The van der Waals surface area contributed by atoms with E-state index in [2.05, 4.69) is 31.3 Å². The van der Waals surface area contributed by atoms with Gasteiger partial charge >= 0.3 is 0 Å². The van der Waals surface area contributed by atoms with Gasteiger partial charge in [0.25, 0.3) is 5.56 Å². The summed E-state index contributed by atoms with van der Waals surface area (Å²) in [5.41, 5.74) is 1.40. The highest BCUT2D eigenvalue weighted by molar-refractivity contribution is 9.10. The highest BCUT2D eigenvalue weighted by Gasteiger charge is 2.11. The Morgan fingerprint density at radius 2 is 2.12 bits per heavy atom. The molecule has 8 heteroatoms. The smallest absolute Gasteiger partial charge is 0.282 e. The van der Waals surface area contributed by atoms with Crippen LogP contribution in [0.4, 0.5) is 5.69 Å². The first kappa shape index (κ1) is 16.0. The van der Waals surface area contributed by atoms with Crippen molar-refractivity contribution in [2.75, 3.05) is 5.32 Å². The maximum atomic E-state index is 11.9. The van der Waals surface area contributed by atoms with E-state index >= 15 is 0 Å². The number of thiazole rings is 1. The second kappa shape index (κ2) is 6.45. The second-order valence-corrected chi connectivity index (χ2v) is 7.23. The van der Waals surface area contributed by atoms with Crippen LogP contribution in [0.15, 0.2) is 56.3 Å². The Kier molecular flexibility index (Phi) is 4.14. The summed E-state index contributed by atoms with van der Waals surface area (Å²) >= 11 is 4.89. The van der Waals surface area contributed by atoms with Crippen molar-refractivity contribution >= 4 is 43.2 Å². The van der Waals surface area contributed by atoms with Crippen molar-refractivity contribution in [2.24, 2.45) is 7.05 Å². The summed E-state index contributed by atoms with van der Waals surface area (Å²) in [5.74, 6) is 1.49. The van der Waals surface area contributed by atoms with Crippen LogP contribution < -0.4 is 10.9 Å². The lowest BCUT2D eigenvalue weighted by Gasteiger charge is -2.06. The molecule has 4 rings (SSSR count). The Morgan fingerprint density at radius 3 is 2.96 bits per heavy atom. The molecule has 0 saturated heterocycles. The van der Waals surface area contributed by atoms with E-state index in [1.165, 1.54) is 4.68 Å². The van der Waals surface area contributed by atoms with Crippen LogP contribution in [-0.4, -0.2) is 14.8 Å². The molecule has 0 aliphatic carbocycles. The number of aromatic nitrogens is 3. The van der Waals surface area contributed by atoms with Crippen LogP contribution >= 0.6 is 27.3 Å². The standard InChI is InChI=1S/C17H13BrN4O2S/c1-22-17(23)15(18)12(9-20-22)19-8-10-6-7-13(24-10)16-21-11-4-2-3-5-14(11)25-16/h2-7,9,19H,8H2,1H3. The molecule has 25 heavy (non-hydrogen) atoms. The van der Waals surface area contributed by atoms with Crippen LogP contribution in [0.25, 0.3) is 21.0 Å². The van der Waals surface area contributed by atoms with Gasteiger partial charge in [0.05, 0.1) is 28.6 Å². The zero-order valence-electron chi connectivity index (χ0n) is 13.2. The molecule has 0 atom stereocenters. The van der Waals surface area contributed by atoms with Crippen molar-refractivity contribution in [3.63, 3.8) is 0 Å². The number of nitrogens with one attached hydrogen (secondary N) is 1. The molecule has 3 aromatic heterocycles. The summed E-state index contributed by atoms with van der Waals surface area (Å²) in [6.07, 6.45) is 1.60. The average molecular weight is 417 g/mol. The zero-order valence-corrected chi connectivity index (χ0v) is 15.6. The minimum absolute atomic E-state index is 0.195. The number of fused-ring (bicyclic) bond motifs is 1. The molecule has 1 aromatic carbocycles. The van der Waals surface area contributed by atoms with Crippen LogP contribution in [0.5, 0.6) is 0 Å². The molecule has 0 fully saturated rings. The molecule has 0 unspecified atom stereocenters. The lowest BCUT2D eigenvalue weighted by atomic mass is 10.3. The Hall–Kier alpha value is -2.45. The van der Waals surface area contributed by atoms with Crippen LogP contribution in [0.1, 0.15) is 5.76 Å². The minimum Gasteiger partial charge on any atom is -0.457 e. The quantitative estimate of drug-likeness (QED) is 0.543. The second-order valence-electron chi connectivity index (χ2n) is 5.41. The number of para-hydroxylation sites is 1. The van der Waals surface area contributed by atoms with Gasteiger partial charge in [-0.05, 0) is 40.2 Å². The lowest BCUT2D eigenvalue weighted by Crippen LogP contribution is -2.21. The highest BCUT2D eigenvalue weighted by Crippen LogP contribution is 2.31. The Bertz CT molecular complexity index is 1080. The Morgan fingerprint density at radius 1 is 1.28 bits per heavy atom. The van der Waals surface area contributed by atoms with Crippen molar-refractivity contribution in [3.05, 3.63) is 63.2 Å². The van der Waals surface area contributed by atoms with Crippen molar-refractivity contribution in [1.82, 2.24) is 14.8 Å². The number of rotatable bonds is 4. The van der Waals surface area contributed by atoms with E-state index in [0.717, 1.165) is 26.7 Å². The summed E-state index contributed by atoms with van der Waals surface area (Å²) in [6, 6.07) is 11.8. The molecule has 0 radical (unpaired) electrons. The summed E-state index contributed by atoms with van der Waals surface area (Å²) in [6.45, 7) is 0.443. The number of halogens is 1. The zero-order chi connectivity index (χ0) is 17.4.